The molecule has 0 bridgehead atoms. The number of urea groups is 1. The minimum atomic E-state index is -4.21. The highest BCUT2D eigenvalue weighted by Crippen LogP contribution is 2.41. The molecule has 3 aromatic carbocycles. The highest BCUT2D eigenvalue weighted by Gasteiger charge is 2.33. The number of rotatable bonds is 6. The van der Waals surface area contributed by atoms with E-state index in [1.54, 1.807) is 12.1 Å². The molecule has 5 aromatic rings. The number of anilines is 1. The van der Waals surface area contributed by atoms with E-state index in [2.05, 4.69) is 4.99 Å². The van der Waals surface area contributed by atoms with Crippen LogP contribution >= 0.6 is 0 Å². The Balaban J connectivity index is 1.60. The van der Waals surface area contributed by atoms with Crippen LogP contribution in [0.25, 0.3) is 22.0 Å². The van der Waals surface area contributed by atoms with Gasteiger partial charge < -0.3 is 9.30 Å². The first-order chi connectivity index (χ1) is 20.9. The van der Waals surface area contributed by atoms with Crippen LogP contribution < -0.4 is 15.2 Å². The van der Waals surface area contributed by atoms with Crippen LogP contribution in [0.2, 0.25) is 0 Å². The fourth-order valence-electron chi connectivity index (χ4n) is 4.92. The maximum Gasteiger partial charge on any atom is 0.355 e. The van der Waals surface area contributed by atoms with Gasteiger partial charge in [-0.1, -0.05) is 17.7 Å². The molecule has 3 heterocycles. The van der Waals surface area contributed by atoms with Crippen molar-refractivity contribution < 1.29 is 31.5 Å². The van der Waals surface area contributed by atoms with Gasteiger partial charge in [-0.25, -0.2) is 30.9 Å². The van der Waals surface area contributed by atoms with E-state index in [-0.39, 0.29) is 49.8 Å². The lowest BCUT2D eigenvalue weighted by molar-refractivity contribution is -0.111. The van der Waals surface area contributed by atoms with E-state index >= 15 is 0 Å². The molecule has 3 amide bonds. The third-order valence-corrected chi connectivity index (χ3v) is 8.85. The summed E-state index contributed by atoms with van der Waals surface area (Å²) < 4.78 is 63.5. The Labute approximate surface area is 249 Å². The number of nitrogens with zero attached hydrogens (tertiary/aromatic N) is 4. The summed E-state index contributed by atoms with van der Waals surface area (Å²) in [5.74, 6) is -2.78. The first kappa shape index (κ1) is 28.7. The second kappa shape index (κ2) is 10.4. The van der Waals surface area contributed by atoms with E-state index in [9.17, 15) is 31.6 Å². The van der Waals surface area contributed by atoms with Crippen molar-refractivity contribution in [3.8, 4) is 22.6 Å². The fraction of sp³-hybridized carbons (Fsp3) is 0.0968. The number of imide groups is 1. The molecule has 1 aliphatic rings. The van der Waals surface area contributed by atoms with E-state index in [1.807, 2.05) is 6.92 Å². The van der Waals surface area contributed by atoms with E-state index < -0.39 is 39.2 Å². The Kier molecular flexibility index (Phi) is 6.77. The number of pyridine rings is 1. The number of halogens is 2. The molecule has 0 saturated carbocycles. The second-order valence-corrected chi connectivity index (χ2v) is 11.9. The van der Waals surface area contributed by atoms with Gasteiger partial charge in [0, 0.05) is 42.0 Å². The number of aryl methyl sites for hydroxylation is 2. The van der Waals surface area contributed by atoms with Crippen LogP contribution in [0.3, 0.4) is 0 Å². The number of hydrogen-bond donors (Lipinski definition) is 0. The molecule has 0 unspecified atom stereocenters. The number of hydrogen-bond acceptors (Lipinski definition) is 6. The van der Waals surface area contributed by atoms with Crippen molar-refractivity contribution >= 4 is 44.3 Å². The third kappa shape index (κ3) is 4.67. The van der Waals surface area contributed by atoms with Crippen LogP contribution in [0.15, 0.2) is 93.8 Å². The summed E-state index contributed by atoms with van der Waals surface area (Å²) in [6.07, 6.45) is 2.68. The van der Waals surface area contributed by atoms with Gasteiger partial charge in [0.05, 0.1) is 10.6 Å². The average molecular weight is 617 g/mol. The first-order valence-electron chi connectivity index (χ1n) is 13.1. The lowest BCUT2D eigenvalue weighted by Crippen LogP contribution is -2.31. The SMILES string of the molecule is CC1=NC(=O)N(c2ccc(Oc3ccc(F)cc3F)c(-c3cn(C)c(=O)c4c3ccn4S(=O)(=O)c3ccc(C)cc3)c2)C1=O. The summed E-state index contributed by atoms with van der Waals surface area (Å²) in [5, 5.41) is 0.192. The molecular formula is C31H22F2N4O6S. The molecular weight excluding hydrogens is 594 g/mol. The van der Waals surface area contributed by atoms with Gasteiger partial charge in [-0.05, 0) is 62.4 Å². The van der Waals surface area contributed by atoms with Crippen molar-refractivity contribution in [3.05, 3.63) is 107 Å². The van der Waals surface area contributed by atoms with Crippen molar-refractivity contribution in [2.75, 3.05) is 4.90 Å². The van der Waals surface area contributed by atoms with Gasteiger partial charge >= 0.3 is 6.03 Å². The third-order valence-electron chi connectivity index (χ3n) is 7.16. The summed E-state index contributed by atoms with van der Waals surface area (Å²) >= 11 is 0. The Hall–Kier alpha value is -5.43. The number of benzene rings is 3. The predicted octanol–water partition coefficient (Wildman–Crippen LogP) is 5.55. The summed E-state index contributed by atoms with van der Waals surface area (Å²) in [6, 6.07) is 13.7. The molecule has 1 aliphatic heterocycles. The number of amides is 3. The summed E-state index contributed by atoms with van der Waals surface area (Å²) in [4.78, 5) is 43.2. The maximum atomic E-state index is 14.6. The smallest absolute Gasteiger partial charge is 0.355 e. The number of ether oxygens (including phenoxy) is 1. The summed E-state index contributed by atoms with van der Waals surface area (Å²) in [5.41, 5.74) is 0.548. The zero-order valence-electron chi connectivity index (χ0n) is 23.4. The Morgan fingerprint density at radius 1 is 0.841 bits per heavy atom. The molecule has 0 fully saturated rings. The summed E-state index contributed by atoms with van der Waals surface area (Å²) in [6.45, 7) is 3.20. The molecule has 6 rings (SSSR count). The Morgan fingerprint density at radius 2 is 1.55 bits per heavy atom. The Morgan fingerprint density at radius 3 is 2.20 bits per heavy atom. The van der Waals surface area contributed by atoms with Gasteiger partial charge in [-0.3, -0.25) is 9.59 Å². The molecule has 0 radical (unpaired) electrons. The number of carbonyl (C=O) groups is 2. The molecule has 0 saturated heterocycles. The van der Waals surface area contributed by atoms with Gasteiger partial charge in [-0.2, -0.15) is 4.99 Å². The van der Waals surface area contributed by atoms with E-state index in [0.29, 0.717) is 6.07 Å². The van der Waals surface area contributed by atoms with E-state index in [1.165, 1.54) is 67.3 Å². The molecule has 44 heavy (non-hydrogen) atoms. The first-order valence-corrected chi connectivity index (χ1v) is 14.5. The fourth-order valence-corrected chi connectivity index (χ4v) is 6.26. The molecule has 0 N–H and O–H groups in total. The number of carbonyl (C=O) groups excluding carboxylic acids is 2. The van der Waals surface area contributed by atoms with E-state index in [4.69, 9.17) is 4.74 Å². The minimum Gasteiger partial charge on any atom is -0.454 e. The van der Waals surface area contributed by atoms with Gasteiger partial charge in [-0.15, -0.1) is 0 Å². The van der Waals surface area contributed by atoms with Crippen molar-refractivity contribution in [1.82, 2.24) is 8.54 Å². The van der Waals surface area contributed by atoms with Crippen LogP contribution in [0.5, 0.6) is 11.5 Å². The van der Waals surface area contributed by atoms with Gasteiger partial charge in [0.25, 0.3) is 21.5 Å². The molecule has 10 nitrogen and oxygen atoms in total. The molecule has 13 heteroatoms. The summed E-state index contributed by atoms with van der Waals surface area (Å²) in [7, 11) is -2.79. The molecule has 2 aromatic heterocycles. The molecule has 0 aliphatic carbocycles. The molecule has 222 valence electrons. The van der Waals surface area contributed by atoms with Crippen molar-refractivity contribution in [2.24, 2.45) is 12.0 Å². The van der Waals surface area contributed by atoms with Gasteiger partial charge in [0.1, 0.15) is 22.8 Å². The average Bonchev–Trinajstić information content (AvgIpc) is 3.54. The maximum absolute atomic E-state index is 14.6. The van der Waals surface area contributed by atoms with Crippen molar-refractivity contribution in [1.29, 1.82) is 0 Å². The zero-order valence-corrected chi connectivity index (χ0v) is 24.2. The van der Waals surface area contributed by atoms with Crippen molar-refractivity contribution in [2.45, 2.75) is 18.7 Å². The lowest BCUT2D eigenvalue weighted by Gasteiger charge is -2.18. The van der Waals surface area contributed by atoms with Crippen LogP contribution in [0.4, 0.5) is 19.3 Å². The van der Waals surface area contributed by atoms with Crippen LogP contribution in [0, 0.1) is 18.6 Å². The topological polar surface area (TPSA) is 120 Å². The van der Waals surface area contributed by atoms with E-state index in [0.717, 1.165) is 26.6 Å². The zero-order chi connectivity index (χ0) is 31.5. The van der Waals surface area contributed by atoms with Crippen LogP contribution in [-0.2, 0) is 21.9 Å². The largest absolute Gasteiger partial charge is 0.454 e. The second-order valence-electron chi connectivity index (χ2n) is 10.1. The normalized spacial score (nSPS) is 13.6. The number of aromatic nitrogens is 2. The van der Waals surface area contributed by atoms with Gasteiger partial charge in [0.15, 0.2) is 11.6 Å². The monoisotopic (exact) mass is 616 g/mol. The van der Waals surface area contributed by atoms with Crippen LogP contribution in [0.1, 0.15) is 12.5 Å². The van der Waals surface area contributed by atoms with Gasteiger partial charge in [0.2, 0.25) is 0 Å². The molecule has 0 spiro atoms. The molecule has 0 atom stereocenters. The van der Waals surface area contributed by atoms with Crippen molar-refractivity contribution in [3.63, 3.8) is 0 Å². The Bertz CT molecular complexity index is 2240. The quantitative estimate of drug-likeness (QED) is 0.247. The number of fused-ring (bicyclic) bond motifs is 1. The highest BCUT2D eigenvalue weighted by molar-refractivity contribution is 7.90. The standard InChI is InChI=1S/C31H22F2N4O6S/c1-17-4-8-21(9-5-17)44(41,42)36-13-12-22-24(16-35(3)30(39)28(22)36)23-15-20(37-29(38)18(2)34-31(37)40)7-11-26(23)43-27-10-6-19(32)14-25(27)33/h4-16H,1-3H3. The lowest BCUT2D eigenvalue weighted by atomic mass is 10.0. The minimum absolute atomic E-state index is 0.00471. The highest BCUT2D eigenvalue weighted by atomic mass is 32.2. The number of aliphatic imine (C=N–C) groups is 1. The predicted molar refractivity (Wildman–Crippen MR) is 159 cm³/mol. The van der Waals surface area contributed by atoms with Crippen LogP contribution in [-0.4, -0.2) is 34.6 Å².